The van der Waals surface area contributed by atoms with E-state index in [0.717, 1.165) is 34.1 Å². The predicted octanol–water partition coefficient (Wildman–Crippen LogP) is 4.32. The van der Waals surface area contributed by atoms with Crippen LogP contribution in [0.25, 0.3) is 0 Å². The summed E-state index contributed by atoms with van der Waals surface area (Å²) < 4.78 is 35.1. The van der Waals surface area contributed by atoms with Crippen molar-refractivity contribution in [2.45, 2.75) is 31.4 Å². The molecule has 0 amide bonds. The molecule has 3 aromatic rings. The third-order valence-corrected chi connectivity index (χ3v) is 6.44. The standard InChI is InChI=1S/C24H27BrN2O4S/c1-17-4-3-5-19(12-17)16-31-24-22(25)13-20(14-23(24)30-2)15-27-11-10-18-6-8-21(9-7-18)32(26,28)29/h3-9,12-14,27H,10-11,15-16H2,1-2H3,(H2,26,28,29). The lowest BCUT2D eigenvalue weighted by Gasteiger charge is -2.15. The highest BCUT2D eigenvalue weighted by molar-refractivity contribution is 9.10. The molecule has 0 saturated carbocycles. The fourth-order valence-corrected chi connectivity index (χ4v) is 4.40. The van der Waals surface area contributed by atoms with E-state index < -0.39 is 10.0 Å². The number of nitrogens with one attached hydrogen (secondary N) is 1. The van der Waals surface area contributed by atoms with Crippen LogP contribution in [-0.2, 0) is 29.6 Å². The highest BCUT2D eigenvalue weighted by Crippen LogP contribution is 2.37. The van der Waals surface area contributed by atoms with Crippen LogP contribution in [0.2, 0.25) is 0 Å². The Morgan fingerprint density at radius 2 is 1.75 bits per heavy atom. The molecule has 3 rings (SSSR count). The van der Waals surface area contributed by atoms with Gasteiger partial charge >= 0.3 is 0 Å². The summed E-state index contributed by atoms with van der Waals surface area (Å²) in [4.78, 5) is 0.121. The Balaban J connectivity index is 1.56. The molecule has 0 aliphatic carbocycles. The third-order valence-electron chi connectivity index (χ3n) is 4.93. The normalized spacial score (nSPS) is 11.4. The van der Waals surface area contributed by atoms with Crippen molar-refractivity contribution in [3.8, 4) is 11.5 Å². The number of sulfonamides is 1. The number of primary sulfonamides is 1. The maximum atomic E-state index is 11.3. The van der Waals surface area contributed by atoms with Gasteiger partial charge in [-0.3, -0.25) is 0 Å². The number of hydrogen-bond donors (Lipinski definition) is 2. The molecule has 3 aromatic carbocycles. The average Bonchev–Trinajstić information content (AvgIpc) is 2.75. The quantitative estimate of drug-likeness (QED) is 0.390. The largest absolute Gasteiger partial charge is 0.493 e. The van der Waals surface area contributed by atoms with Crippen LogP contribution in [0.15, 0.2) is 70.0 Å². The zero-order chi connectivity index (χ0) is 23.1. The van der Waals surface area contributed by atoms with Crippen molar-refractivity contribution < 1.29 is 17.9 Å². The van der Waals surface area contributed by atoms with E-state index in [9.17, 15) is 8.42 Å². The highest BCUT2D eigenvalue weighted by atomic mass is 79.9. The fourth-order valence-electron chi connectivity index (χ4n) is 3.28. The van der Waals surface area contributed by atoms with Crippen LogP contribution in [0.1, 0.15) is 22.3 Å². The molecule has 6 nitrogen and oxygen atoms in total. The van der Waals surface area contributed by atoms with E-state index >= 15 is 0 Å². The molecule has 170 valence electrons. The molecule has 3 N–H and O–H groups in total. The number of halogens is 1. The van der Waals surface area contributed by atoms with Gasteiger partial charge in [-0.25, -0.2) is 13.6 Å². The number of methoxy groups -OCH3 is 1. The average molecular weight is 519 g/mol. The summed E-state index contributed by atoms with van der Waals surface area (Å²) in [5.74, 6) is 1.34. The van der Waals surface area contributed by atoms with E-state index in [1.165, 1.54) is 17.7 Å². The number of nitrogens with two attached hydrogens (primary N) is 1. The molecule has 0 fully saturated rings. The van der Waals surface area contributed by atoms with Gasteiger partial charge in [-0.15, -0.1) is 0 Å². The number of ether oxygens (including phenoxy) is 2. The smallest absolute Gasteiger partial charge is 0.238 e. The lowest BCUT2D eigenvalue weighted by Crippen LogP contribution is -2.17. The molecular weight excluding hydrogens is 492 g/mol. The van der Waals surface area contributed by atoms with Crippen LogP contribution < -0.4 is 19.9 Å². The molecule has 0 bridgehead atoms. The topological polar surface area (TPSA) is 90.6 Å². The van der Waals surface area contributed by atoms with Crippen molar-refractivity contribution in [3.05, 3.63) is 87.4 Å². The second kappa shape index (κ2) is 11.0. The first-order valence-electron chi connectivity index (χ1n) is 10.1. The highest BCUT2D eigenvalue weighted by Gasteiger charge is 2.12. The zero-order valence-electron chi connectivity index (χ0n) is 18.1. The first-order valence-corrected chi connectivity index (χ1v) is 12.5. The van der Waals surface area contributed by atoms with Gasteiger partial charge in [0.25, 0.3) is 0 Å². The van der Waals surface area contributed by atoms with Gasteiger partial charge in [0.05, 0.1) is 16.5 Å². The summed E-state index contributed by atoms with van der Waals surface area (Å²) in [6, 6.07) is 18.8. The molecule has 0 radical (unpaired) electrons. The van der Waals surface area contributed by atoms with Crippen LogP contribution >= 0.6 is 15.9 Å². The van der Waals surface area contributed by atoms with Crippen LogP contribution in [0.4, 0.5) is 0 Å². The van der Waals surface area contributed by atoms with Gasteiger partial charge in [-0.2, -0.15) is 0 Å². The van der Waals surface area contributed by atoms with Crippen molar-refractivity contribution in [2.24, 2.45) is 5.14 Å². The van der Waals surface area contributed by atoms with E-state index in [0.29, 0.717) is 24.7 Å². The van der Waals surface area contributed by atoms with Gasteiger partial charge in [0.2, 0.25) is 10.0 Å². The second-order valence-corrected chi connectivity index (χ2v) is 9.92. The molecule has 8 heteroatoms. The summed E-state index contributed by atoms with van der Waals surface area (Å²) in [5, 5.41) is 8.53. The van der Waals surface area contributed by atoms with E-state index in [-0.39, 0.29) is 4.90 Å². The first kappa shape index (κ1) is 24.3. The Kier molecular flexibility index (Phi) is 8.31. The number of benzene rings is 3. The van der Waals surface area contributed by atoms with Crippen molar-refractivity contribution in [2.75, 3.05) is 13.7 Å². The number of aryl methyl sites for hydroxylation is 1. The molecule has 0 saturated heterocycles. The maximum absolute atomic E-state index is 11.3. The van der Waals surface area contributed by atoms with E-state index in [2.05, 4.69) is 40.3 Å². The number of rotatable bonds is 10. The van der Waals surface area contributed by atoms with Crippen LogP contribution in [0.3, 0.4) is 0 Å². The molecule has 0 aromatic heterocycles. The molecule has 0 atom stereocenters. The Bertz CT molecular complexity index is 1170. The summed E-state index contributed by atoms with van der Waals surface area (Å²) >= 11 is 3.60. The van der Waals surface area contributed by atoms with Crippen molar-refractivity contribution >= 4 is 26.0 Å². The minimum atomic E-state index is -3.66. The molecule has 32 heavy (non-hydrogen) atoms. The van der Waals surface area contributed by atoms with Gasteiger partial charge in [0.1, 0.15) is 6.61 Å². The summed E-state index contributed by atoms with van der Waals surface area (Å²) in [7, 11) is -2.03. The second-order valence-electron chi connectivity index (χ2n) is 7.50. The zero-order valence-corrected chi connectivity index (χ0v) is 20.5. The summed E-state index contributed by atoms with van der Waals surface area (Å²) in [6.07, 6.45) is 0.765. The monoisotopic (exact) mass is 518 g/mol. The van der Waals surface area contributed by atoms with Gasteiger partial charge in [-0.1, -0.05) is 42.0 Å². The SMILES string of the molecule is COc1cc(CNCCc2ccc(S(N)(=O)=O)cc2)cc(Br)c1OCc1cccc(C)c1. The first-order chi connectivity index (χ1) is 15.3. The van der Waals surface area contributed by atoms with Crippen molar-refractivity contribution in [1.82, 2.24) is 5.32 Å². The Morgan fingerprint density at radius 1 is 1.00 bits per heavy atom. The van der Waals surface area contributed by atoms with Gasteiger partial charge in [0.15, 0.2) is 11.5 Å². The lowest BCUT2D eigenvalue weighted by atomic mass is 10.1. The minimum Gasteiger partial charge on any atom is -0.493 e. The molecule has 0 heterocycles. The summed E-state index contributed by atoms with van der Waals surface area (Å²) in [6.45, 7) is 3.91. The molecule has 0 unspecified atom stereocenters. The van der Waals surface area contributed by atoms with Crippen molar-refractivity contribution in [1.29, 1.82) is 0 Å². The third kappa shape index (κ3) is 6.80. The predicted molar refractivity (Wildman–Crippen MR) is 129 cm³/mol. The van der Waals surface area contributed by atoms with Crippen LogP contribution in [0.5, 0.6) is 11.5 Å². The van der Waals surface area contributed by atoms with Gasteiger partial charge in [0, 0.05) is 6.54 Å². The van der Waals surface area contributed by atoms with Crippen molar-refractivity contribution in [3.63, 3.8) is 0 Å². The molecule has 0 aliphatic rings. The minimum absolute atomic E-state index is 0.121. The molecular formula is C24H27BrN2O4S. The Labute approximate surface area is 197 Å². The van der Waals surface area contributed by atoms with Crippen LogP contribution in [0, 0.1) is 6.92 Å². The fraction of sp³-hybridized carbons (Fsp3) is 0.250. The molecule has 0 aliphatic heterocycles. The van der Waals surface area contributed by atoms with E-state index in [1.54, 1.807) is 19.2 Å². The van der Waals surface area contributed by atoms with E-state index in [4.69, 9.17) is 14.6 Å². The van der Waals surface area contributed by atoms with Crippen LogP contribution in [-0.4, -0.2) is 22.1 Å². The summed E-state index contributed by atoms with van der Waals surface area (Å²) in [5.41, 5.74) is 4.38. The molecule has 0 spiro atoms. The van der Waals surface area contributed by atoms with Gasteiger partial charge < -0.3 is 14.8 Å². The maximum Gasteiger partial charge on any atom is 0.238 e. The number of hydrogen-bond acceptors (Lipinski definition) is 5. The lowest BCUT2D eigenvalue weighted by molar-refractivity contribution is 0.282. The Morgan fingerprint density at radius 3 is 2.41 bits per heavy atom. The van der Waals surface area contributed by atoms with E-state index in [1.807, 2.05) is 24.3 Å². The Hall–Kier alpha value is -2.39. The van der Waals surface area contributed by atoms with Gasteiger partial charge in [-0.05, 0) is 76.8 Å².